The lowest BCUT2D eigenvalue weighted by molar-refractivity contribution is -0.387. The average molecular weight is 346 g/mol. The number of nitrogens with zero attached hydrogens (tertiary/aromatic N) is 2. The van der Waals surface area contributed by atoms with Crippen LogP contribution in [0.15, 0.2) is 42.6 Å². The number of rotatable bonds is 5. The van der Waals surface area contributed by atoms with Crippen LogP contribution in [0.5, 0.6) is 11.5 Å². The quantitative estimate of drug-likeness (QED) is 0.515. The number of pyridine rings is 1. The van der Waals surface area contributed by atoms with Crippen molar-refractivity contribution in [3.63, 3.8) is 0 Å². The Morgan fingerprint density at radius 3 is 2.68 bits per heavy atom. The molecule has 0 N–H and O–H groups in total. The number of hydrogen-bond donors (Lipinski definition) is 0. The van der Waals surface area contributed by atoms with Gasteiger partial charge in [-0.25, -0.2) is 4.39 Å². The van der Waals surface area contributed by atoms with Crippen molar-refractivity contribution in [2.45, 2.75) is 6.61 Å². The van der Waals surface area contributed by atoms with Gasteiger partial charge in [-0.3, -0.25) is 15.1 Å². The molecule has 6 nitrogen and oxygen atoms in total. The fourth-order valence-electron chi connectivity index (χ4n) is 2.40. The zero-order chi connectivity index (χ0) is 18.0. The summed E-state index contributed by atoms with van der Waals surface area (Å²) in [5.74, 6) is -1.69. The monoisotopic (exact) mass is 346 g/mol. The minimum atomic E-state index is -1.07. The summed E-state index contributed by atoms with van der Waals surface area (Å²) < 4.78 is 38.4. The van der Waals surface area contributed by atoms with Crippen LogP contribution >= 0.6 is 0 Å². The number of nitro groups is 1. The van der Waals surface area contributed by atoms with E-state index in [1.807, 2.05) is 0 Å². The molecule has 0 aliphatic rings. The van der Waals surface area contributed by atoms with Crippen molar-refractivity contribution in [3.8, 4) is 11.5 Å². The Balaban J connectivity index is 1.96. The molecule has 1 heterocycles. The number of fused-ring (bicyclic) bond motifs is 1. The summed E-state index contributed by atoms with van der Waals surface area (Å²) in [6.45, 7) is -0.242. The summed E-state index contributed by atoms with van der Waals surface area (Å²) in [5, 5.41) is 11.5. The molecule has 0 spiro atoms. The smallest absolute Gasteiger partial charge is 0.308 e. The second kappa shape index (κ2) is 6.68. The molecule has 8 heteroatoms. The molecule has 2 aromatic carbocycles. The third-order valence-corrected chi connectivity index (χ3v) is 3.62. The lowest BCUT2D eigenvalue weighted by atomic mass is 10.1. The summed E-state index contributed by atoms with van der Waals surface area (Å²) in [7, 11) is 1.27. The molecule has 0 fully saturated rings. The van der Waals surface area contributed by atoms with Gasteiger partial charge in [0.05, 0.1) is 29.2 Å². The maximum Gasteiger partial charge on any atom is 0.308 e. The summed E-state index contributed by atoms with van der Waals surface area (Å²) in [5.41, 5.74) is -0.120. The highest BCUT2D eigenvalue weighted by molar-refractivity contribution is 5.81. The van der Waals surface area contributed by atoms with Gasteiger partial charge in [0.2, 0.25) is 5.82 Å². The highest BCUT2D eigenvalue weighted by atomic mass is 19.1. The first-order valence-electron chi connectivity index (χ1n) is 7.18. The Morgan fingerprint density at radius 2 is 1.96 bits per heavy atom. The fourth-order valence-corrected chi connectivity index (χ4v) is 2.40. The second-order valence-electron chi connectivity index (χ2n) is 5.10. The van der Waals surface area contributed by atoms with E-state index in [4.69, 9.17) is 9.47 Å². The molecule has 25 heavy (non-hydrogen) atoms. The third-order valence-electron chi connectivity index (χ3n) is 3.62. The van der Waals surface area contributed by atoms with Gasteiger partial charge < -0.3 is 9.47 Å². The van der Waals surface area contributed by atoms with E-state index in [-0.39, 0.29) is 23.7 Å². The van der Waals surface area contributed by atoms with Gasteiger partial charge in [-0.15, -0.1) is 0 Å². The van der Waals surface area contributed by atoms with Gasteiger partial charge in [0, 0.05) is 17.6 Å². The number of ether oxygens (including phenoxy) is 2. The van der Waals surface area contributed by atoms with E-state index in [0.717, 1.165) is 17.5 Å². The van der Waals surface area contributed by atoms with E-state index >= 15 is 0 Å². The van der Waals surface area contributed by atoms with Crippen LogP contribution in [0.2, 0.25) is 0 Å². The first kappa shape index (κ1) is 16.6. The van der Waals surface area contributed by atoms with Crippen LogP contribution in [-0.4, -0.2) is 17.0 Å². The molecular formula is C17H12F2N2O4. The zero-order valence-corrected chi connectivity index (χ0v) is 13.0. The lowest BCUT2D eigenvalue weighted by Crippen LogP contribution is -2.03. The molecule has 0 saturated carbocycles. The van der Waals surface area contributed by atoms with E-state index < -0.39 is 22.2 Å². The first-order chi connectivity index (χ1) is 12.0. The van der Waals surface area contributed by atoms with Gasteiger partial charge >= 0.3 is 5.69 Å². The van der Waals surface area contributed by atoms with Gasteiger partial charge in [0.1, 0.15) is 12.4 Å². The van der Waals surface area contributed by atoms with Crippen LogP contribution in [0.1, 0.15) is 5.56 Å². The molecule has 128 valence electrons. The number of benzene rings is 2. The minimum absolute atomic E-state index is 0.0262. The Morgan fingerprint density at radius 1 is 1.16 bits per heavy atom. The molecule has 0 aliphatic carbocycles. The number of nitro benzene ring substituents is 1. The number of aromatic nitrogens is 1. The highest BCUT2D eigenvalue weighted by Crippen LogP contribution is 2.34. The van der Waals surface area contributed by atoms with Gasteiger partial charge in [0.15, 0.2) is 11.5 Å². The van der Waals surface area contributed by atoms with Gasteiger partial charge in [-0.2, -0.15) is 4.39 Å². The standard InChI is InChI=1S/C17H12F2N2O4/c1-24-15-8-14(21(22)23)13(19)7-16(15)25-9-11-12(18)5-4-10-3-2-6-20-17(10)11/h2-8H,9H2,1H3. The lowest BCUT2D eigenvalue weighted by Gasteiger charge is -2.12. The molecule has 0 radical (unpaired) electrons. The molecular weight excluding hydrogens is 334 g/mol. The van der Waals surface area contributed by atoms with Crippen LogP contribution in [0, 0.1) is 21.7 Å². The maximum atomic E-state index is 14.1. The molecule has 0 unspecified atom stereocenters. The van der Waals surface area contributed by atoms with Crippen molar-refractivity contribution in [1.29, 1.82) is 0 Å². The normalized spacial score (nSPS) is 10.7. The van der Waals surface area contributed by atoms with E-state index in [2.05, 4.69) is 4.98 Å². The number of methoxy groups -OCH3 is 1. The first-order valence-corrected chi connectivity index (χ1v) is 7.18. The van der Waals surface area contributed by atoms with E-state index in [9.17, 15) is 18.9 Å². The fraction of sp³-hybridized carbons (Fsp3) is 0.118. The largest absolute Gasteiger partial charge is 0.493 e. The van der Waals surface area contributed by atoms with E-state index in [1.165, 1.54) is 19.4 Å². The van der Waals surface area contributed by atoms with Crippen LogP contribution in [-0.2, 0) is 6.61 Å². The third kappa shape index (κ3) is 3.18. The Hall–Kier alpha value is -3.29. The van der Waals surface area contributed by atoms with Crippen LogP contribution < -0.4 is 9.47 Å². The van der Waals surface area contributed by atoms with Gasteiger partial charge in [-0.1, -0.05) is 6.07 Å². The average Bonchev–Trinajstić information content (AvgIpc) is 2.60. The molecule has 0 saturated heterocycles. The molecule has 0 atom stereocenters. The summed E-state index contributed by atoms with van der Waals surface area (Å²) >= 11 is 0. The predicted molar refractivity (Wildman–Crippen MR) is 85.6 cm³/mol. The van der Waals surface area contributed by atoms with Gasteiger partial charge in [-0.05, 0) is 18.2 Å². The van der Waals surface area contributed by atoms with Crippen LogP contribution in [0.3, 0.4) is 0 Å². The van der Waals surface area contributed by atoms with Crippen molar-refractivity contribution >= 4 is 16.6 Å². The van der Waals surface area contributed by atoms with Crippen molar-refractivity contribution in [3.05, 3.63) is 69.9 Å². The Labute approximate surface area is 140 Å². The van der Waals surface area contributed by atoms with Crippen molar-refractivity contribution in [2.75, 3.05) is 7.11 Å². The van der Waals surface area contributed by atoms with Crippen molar-refractivity contribution < 1.29 is 23.2 Å². The summed E-state index contributed by atoms with van der Waals surface area (Å²) in [4.78, 5) is 14.1. The van der Waals surface area contributed by atoms with Crippen molar-refractivity contribution in [2.24, 2.45) is 0 Å². The van der Waals surface area contributed by atoms with Crippen LogP contribution in [0.4, 0.5) is 14.5 Å². The molecule has 0 aliphatic heterocycles. The molecule has 1 aromatic heterocycles. The molecule has 0 amide bonds. The van der Waals surface area contributed by atoms with Crippen LogP contribution in [0.25, 0.3) is 10.9 Å². The van der Waals surface area contributed by atoms with Crippen molar-refractivity contribution in [1.82, 2.24) is 4.98 Å². The predicted octanol–water partition coefficient (Wildman–Crippen LogP) is 4.01. The number of hydrogen-bond acceptors (Lipinski definition) is 5. The highest BCUT2D eigenvalue weighted by Gasteiger charge is 2.20. The Kier molecular flexibility index (Phi) is 4.42. The van der Waals surface area contributed by atoms with Gasteiger partial charge in [0.25, 0.3) is 0 Å². The molecule has 0 bridgehead atoms. The summed E-state index contributed by atoms with van der Waals surface area (Å²) in [6, 6.07) is 8.14. The van der Waals surface area contributed by atoms with E-state index in [1.54, 1.807) is 18.2 Å². The topological polar surface area (TPSA) is 74.5 Å². The molecule has 3 rings (SSSR count). The second-order valence-corrected chi connectivity index (χ2v) is 5.10. The minimum Gasteiger partial charge on any atom is -0.493 e. The van der Waals surface area contributed by atoms with E-state index in [0.29, 0.717) is 5.52 Å². The Bertz CT molecular complexity index is 963. The summed E-state index contributed by atoms with van der Waals surface area (Å²) in [6.07, 6.45) is 1.53. The SMILES string of the molecule is COc1cc([N+](=O)[O-])c(F)cc1OCc1c(F)ccc2cccnc12. The number of halogens is 2. The maximum absolute atomic E-state index is 14.1. The molecule has 3 aromatic rings. The zero-order valence-electron chi connectivity index (χ0n) is 13.0.